The predicted molar refractivity (Wildman–Crippen MR) is 97.2 cm³/mol. The van der Waals surface area contributed by atoms with Gasteiger partial charge in [0.25, 0.3) is 5.56 Å². The molecule has 0 radical (unpaired) electrons. The smallest absolute Gasteiger partial charge is 0.264 e. The van der Waals surface area contributed by atoms with Crippen LogP contribution < -0.4 is 5.56 Å². The number of nitrogens with one attached hydrogen (secondary N) is 1. The molecule has 1 amide bonds. The highest BCUT2D eigenvalue weighted by molar-refractivity contribution is 7.13. The zero-order valence-electron chi connectivity index (χ0n) is 13.8. The normalized spacial score (nSPS) is 10.6. The van der Waals surface area contributed by atoms with Crippen LogP contribution >= 0.6 is 11.3 Å². The van der Waals surface area contributed by atoms with Crippen molar-refractivity contribution in [3.8, 4) is 10.6 Å². The molecule has 3 aromatic rings. The van der Waals surface area contributed by atoms with Gasteiger partial charge in [-0.1, -0.05) is 30.3 Å². The van der Waals surface area contributed by atoms with Gasteiger partial charge in [0.05, 0.1) is 17.9 Å². The van der Waals surface area contributed by atoms with Gasteiger partial charge < -0.3 is 4.90 Å². The average molecular weight is 354 g/mol. The molecule has 0 aliphatic rings. The molecule has 6 nitrogen and oxygen atoms in total. The maximum atomic E-state index is 12.3. The Hall–Kier alpha value is -2.80. The third-order valence-corrected chi connectivity index (χ3v) is 4.67. The fourth-order valence-electron chi connectivity index (χ4n) is 2.36. The molecule has 1 aromatic carbocycles. The first-order valence-electron chi connectivity index (χ1n) is 7.90. The summed E-state index contributed by atoms with van der Waals surface area (Å²) in [4.78, 5) is 29.5. The van der Waals surface area contributed by atoms with Crippen molar-refractivity contribution in [1.29, 1.82) is 0 Å². The van der Waals surface area contributed by atoms with Crippen molar-refractivity contribution < 1.29 is 4.79 Å². The van der Waals surface area contributed by atoms with Gasteiger partial charge in [0.15, 0.2) is 0 Å². The monoisotopic (exact) mass is 354 g/mol. The first-order chi connectivity index (χ1) is 12.1. The van der Waals surface area contributed by atoms with Crippen molar-refractivity contribution in [3.63, 3.8) is 0 Å². The summed E-state index contributed by atoms with van der Waals surface area (Å²) in [5.41, 5.74) is 2.41. The third-order valence-electron chi connectivity index (χ3n) is 3.73. The zero-order chi connectivity index (χ0) is 17.6. The quantitative estimate of drug-likeness (QED) is 0.738. The molecule has 0 unspecified atom stereocenters. The molecule has 0 aliphatic carbocycles. The SMILES string of the molecule is CN(Cc1csc(-c2ccccc2)n1)C(=O)CCc1ccc(=O)[nH]n1. The Bertz CT molecular complexity index is 884. The number of benzene rings is 1. The molecule has 0 aliphatic heterocycles. The number of aromatic nitrogens is 3. The Morgan fingerprint density at radius 2 is 1.96 bits per heavy atom. The van der Waals surface area contributed by atoms with Crippen LogP contribution in [0.15, 0.2) is 52.6 Å². The number of aryl methyl sites for hydroxylation is 1. The first-order valence-corrected chi connectivity index (χ1v) is 8.78. The van der Waals surface area contributed by atoms with E-state index in [4.69, 9.17) is 0 Å². The summed E-state index contributed by atoms with van der Waals surface area (Å²) in [6.07, 6.45) is 0.831. The number of carbonyl (C=O) groups is 1. The lowest BCUT2D eigenvalue weighted by atomic mass is 10.2. The van der Waals surface area contributed by atoms with E-state index in [1.54, 1.807) is 29.4 Å². The number of hydrogen-bond acceptors (Lipinski definition) is 5. The van der Waals surface area contributed by atoms with Crippen LogP contribution in [0.25, 0.3) is 10.6 Å². The molecule has 1 N–H and O–H groups in total. The van der Waals surface area contributed by atoms with Gasteiger partial charge in [0, 0.05) is 36.9 Å². The highest BCUT2D eigenvalue weighted by Gasteiger charge is 2.12. The average Bonchev–Trinajstić information content (AvgIpc) is 3.10. The van der Waals surface area contributed by atoms with Crippen LogP contribution in [0.2, 0.25) is 0 Å². The second-order valence-corrected chi connectivity index (χ2v) is 6.53. The lowest BCUT2D eigenvalue weighted by Crippen LogP contribution is -2.26. The molecule has 2 heterocycles. The van der Waals surface area contributed by atoms with Crippen LogP contribution in [0, 0.1) is 0 Å². The van der Waals surface area contributed by atoms with E-state index in [9.17, 15) is 9.59 Å². The number of hydrogen-bond donors (Lipinski definition) is 1. The van der Waals surface area contributed by atoms with Gasteiger partial charge in [0.2, 0.25) is 5.91 Å². The molecule has 7 heteroatoms. The molecule has 0 saturated heterocycles. The maximum Gasteiger partial charge on any atom is 0.264 e. The largest absolute Gasteiger partial charge is 0.340 e. The summed E-state index contributed by atoms with van der Waals surface area (Å²) >= 11 is 1.58. The molecule has 25 heavy (non-hydrogen) atoms. The van der Waals surface area contributed by atoms with Crippen molar-refractivity contribution in [2.45, 2.75) is 19.4 Å². The summed E-state index contributed by atoms with van der Waals surface area (Å²) in [5.74, 6) is 0.0160. The van der Waals surface area contributed by atoms with Gasteiger partial charge in [-0.15, -0.1) is 11.3 Å². The minimum atomic E-state index is -0.245. The van der Waals surface area contributed by atoms with Crippen molar-refractivity contribution in [2.75, 3.05) is 7.05 Å². The summed E-state index contributed by atoms with van der Waals surface area (Å²) in [5, 5.41) is 9.22. The molecule has 0 spiro atoms. The number of H-pyrrole nitrogens is 1. The lowest BCUT2D eigenvalue weighted by molar-refractivity contribution is -0.130. The van der Waals surface area contributed by atoms with E-state index in [1.165, 1.54) is 6.07 Å². The molecule has 3 rings (SSSR count). The molecule has 0 fully saturated rings. The van der Waals surface area contributed by atoms with E-state index in [0.29, 0.717) is 25.1 Å². The second kappa shape index (κ2) is 7.85. The zero-order valence-corrected chi connectivity index (χ0v) is 14.6. The van der Waals surface area contributed by atoms with Gasteiger partial charge in [-0.2, -0.15) is 5.10 Å². The van der Waals surface area contributed by atoms with E-state index >= 15 is 0 Å². The topological polar surface area (TPSA) is 79.0 Å². The van der Waals surface area contributed by atoms with Crippen LogP contribution in [-0.4, -0.2) is 33.0 Å². The fraction of sp³-hybridized carbons (Fsp3) is 0.222. The molecular weight excluding hydrogens is 336 g/mol. The Kier molecular flexibility index (Phi) is 5.35. The minimum absolute atomic E-state index is 0.0160. The van der Waals surface area contributed by atoms with E-state index in [2.05, 4.69) is 15.2 Å². The van der Waals surface area contributed by atoms with Crippen LogP contribution in [0.1, 0.15) is 17.8 Å². The highest BCUT2D eigenvalue weighted by Crippen LogP contribution is 2.23. The fourth-order valence-corrected chi connectivity index (χ4v) is 3.18. The number of amides is 1. The molecular formula is C18H18N4O2S. The summed E-state index contributed by atoms with van der Waals surface area (Å²) in [6, 6.07) is 13.0. The van der Waals surface area contributed by atoms with Gasteiger partial charge >= 0.3 is 0 Å². The molecule has 2 aromatic heterocycles. The van der Waals surface area contributed by atoms with E-state index < -0.39 is 0 Å². The van der Waals surface area contributed by atoms with Crippen LogP contribution in [0.3, 0.4) is 0 Å². The Morgan fingerprint density at radius 3 is 2.68 bits per heavy atom. The van der Waals surface area contributed by atoms with Crippen LogP contribution in [-0.2, 0) is 17.8 Å². The number of rotatable bonds is 6. The van der Waals surface area contributed by atoms with E-state index in [0.717, 1.165) is 16.3 Å². The first kappa shape index (κ1) is 17.0. The van der Waals surface area contributed by atoms with Crippen molar-refractivity contribution in [2.24, 2.45) is 0 Å². The lowest BCUT2D eigenvalue weighted by Gasteiger charge is -2.15. The molecule has 0 bridgehead atoms. The number of carbonyl (C=O) groups excluding carboxylic acids is 1. The van der Waals surface area contributed by atoms with Crippen molar-refractivity contribution in [3.05, 3.63) is 69.6 Å². The van der Waals surface area contributed by atoms with Gasteiger partial charge in [-0.3, -0.25) is 9.59 Å². The van der Waals surface area contributed by atoms with Crippen LogP contribution in [0.5, 0.6) is 0 Å². The number of aromatic amines is 1. The van der Waals surface area contributed by atoms with E-state index in [1.807, 2.05) is 35.7 Å². The standard InChI is InChI=1S/C18H18N4O2S/c1-22(17(24)10-8-14-7-9-16(23)21-20-14)11-15-12-25-18(19-15)13-5-3-2-4-6-13/h2-7,9,12H,8,10-11H2,1H3,(H,21,23). The summed E-state index contributed by atoms with van der Waals surface area (Å²) < 4.78 is 0. The maximum absolute atomic E-state index is 12.3. The van der Waals surface area contributed by atoms with Gasteiger partial charge in [-0.05, 0) is 6.07 Å². The predicted octanol–water partition coefficient (Wildman–Crippen LogP) is 2.48. The van der Waals surface area contributed by atoms with Crippen molar-refractivity contribution >= 4 is 17.2 Å². The molecule has 0 saturated carbocycles. The van der Waals surface area contributed by atoms with Crippen molar-refractivity contribution in [1.82, 2.24) is 20.1 Å². The van der Waals surface area contributed by atoms with E-state index in [-0.39, 0.29) is 11.5 Å². The van der Waals surface area contributed by atoms with Crippen LogP contribution in [0.4, 0.5) is 0 Å². The second-order valence-electron chi connectivity index (χ2n) is 5.67. The summed E-state index contributed by atoms with van der Waals surface area (Å²) in [6.45, 7) is 0.473. The molecule has 128 valence electrons. The Morgan fingerprint density at radius 1 is 1.16 bits per heavy atom. The van der Waals surface area contributed by atoms with Gasteiger partial charge in [-0.25, -0.2) is 10.1 Å². The summed E-state index contributed by atoms with van der Waals surface area (Å²) in [7, 11) is 1.77. The number of nitrogens with zero attached hydrogens (tertiary/aromatic N) is 3. The molecule has 0 atom stereocenters. The Labute approximate surface area is 149 Å². The Balaban J connectivity index is 1.55. The third kappa shape index (κ3) is 4.60. The number of thiazole rings is 1. The minimum Gasteiger partial charge on any atom is -0.340 e. The highest BCUT2D eigenvalue weighted by atomic mass is 32.1. The van der Waals surface area contributed by atoms with Gasteiger partial charge in [0.1, 0.15) is 5.01 Å².